The van der Waals surface area contributed by atoms with Crippen molar-refractivity contribution in [1.29, 1.82) is 0 Å². The van der Waals surface area contributed by atoms with Gasteiger partial charge in [-0.15, -0.1) is 11.3 Å². The van der Waals surface area contributed by atoms with E-state index in [2.05, 4.69) is 0 Å². The third-order valence-corrected chi connectivity index (χ3v) is 6.19. The monoisotopic (exact) mass is 371 g/mol. The van der Waals surface area contributed by atoms with Crippen molar-refractivity contribution in [3.8, 4) is 10.4 Å². The first kappa shape index (κ1) is 17.0. The number of fused-ring (bicyclic) bond motifs is 4. The van der Waals surface area contributed by atoms with E-state index in [1.807, 2.05) is 34.2 Å². The second-order valence-electron chi connectivity index (χ2n) is 7.03. The van der Waals surface area contributed by atoms with Gasteiger partial charge in [0.15, 0.2) is 0 Å². The predicted octanol–water partition coefficient (Wildman–Crippen LogP) is 1.05. The molecule has 7 heteroatoms. The summed E-state index contributed by atoms with van der Waals surface area (Å²) in [5.74, 6) is -0.993. The highest BCUT2D eigenvalue weighted by molar-refractivity contribution is 7.13. The van der Waals surface area contributed by atoms with Gasteiger partial charge in [-0.25, -0.2) is 0 Å². The second-order valence-corrected chi connectivity index (χ2v) is 7.98. The summed E-state index contributed by atoms with van der Waals surface area (Å²) in [5.41, 5.74) is 1.74. The van der Waals surface area contributed by atoms with Crippen LogP contribution in [0.2, 0.25) is 0 Å². The lowest BCUT2D eigenvalue weighted by atomic mass is 9.82. The topological polar surface area (TPSA) is 82.4 Å². The van der Waals surface area contributed by atoms with E-state index in [0.717, 1.165) is 22.6 Å². The van der Waals surface area contributed by atoms with Crippen LogP contribution in [0.3, 0.4) is 0 Å². The maximum absolute atomic E-state index is 13.0. The molecule has 136 valence electrons. The summed E-state index contributed by atoms with van der Waals surface area (Å²) in [6.07, 6.45) is 0.693. The van der Waals surface area contributed by atoms with Crippen molar-refractivity contribution >= 4 is 23.2 Å². The van der Waals surface area contributed by atoms with Crippen LogP contribution in [0.15, 0.2) is 34.4 Å². The number of carboxylic acid groups (broad SMARTS) is 1. The van der Waals surface area contributed by atoms with Crippen LogP contribution < -0.4 is 10.7 Å². The Balaban J connectivity index is 1.59. The summed E-state index contributed by atoms with van der Waals surface area (Å²) in [6.45, 7) is 1.73. The van der Waals surface area contributed by atoms with Gasteiger partial charge in [0.25, 0.3) is 5.56 Å². The van der Waals surface area contributed by atoms with Gasteiger partial charge in [-0.05, 0) is 42.3 Å². The maximum Gasteiger partial charge on any atom is 0.259 e. The number of aliphatic carboxylic acids is 1. The average molecular weight is 371 g/mol. The fraction of sp³-hybridized carbons (Fsp3) is 0.421. The molecular weight excluding hydrogens is 352 g/mol. The van der Waals surface area contributed by atoms with E-state index in [0.29, 0.717) is 19.6 Å². The van der Waals surface area contributed by atoms with Crippen molar-refractivity contribution in [3.05, 3.63) is 45.7 Å². The van der Waals surface area contributed by atoms with E-state index < -0.39 is 5.97 Å². The zero-order valence-electron chi connectivity index (χ0n) is 14.2. The Morgan fingerprint density at radius 3 is 2.73 bits per heavy atom. The van der Waals surface area contributed by atoms with Gasteiger partial charge < -0.3 is 19.4 Å². The molecule has 0 aromatic carbocycles. The lowest BCUT2D eigenvalue weighted by Gasteiger charge is -2.43. The van der Waals surface area contributed by atoms with Gasteiger partial charge in [0.2, 0.25) is 5.91 Å². The van der Waals surface area contributed by atoms with Crippen LogP contribution in [0.25, 0.3) is 10.4 Å². The van der Waals surface area contributed by atoms with Crippen molar-refractivity contribution in [3.63, 3.8) is 0 Å². The molecule has 1 fully saturated rings. The van der Waals surface area contributed by atoms with Crippen molar-refractivity contribution in [2.45, 2.75) is 31.7 Å². The lowest BCUT2D eigenvalue weighted by molar-refractivity contribution is -0.305. The summed E-state index contributed by atoms with van der Waals surface area (Å²) in [4.78, 5) is 38.6. The van der Waals surface area contributed by atoms with Gasteiger partial charge >= 0.3 is 0 Å². The quantitative estimate of drug-likeness (QED) is 0.804. The number of rotatable bonds is 4. The Hall–Kier alpha value is -2.41. The van der Waals surface area contributed by atoms with Crippen LogP contribution >= 0.6 is 11.3 Å². The van der Waals surface area contributed by atoms with E-state index in [1.165, 1.54) is 0 Å². The van der Waals surface area contributed by atoms with Crippen molar-refractivity contribution < 1.29 is 14.7 Å². The third-order valence-electron chi connectivity index (χ3n) is 5.29. The summed E-state index contributed by atoms with van der Waals surface area (Å²) < 4.78 is 1.87. The van der Waals surface area contributed by atoms with Gasteiger partial charge in [-0.3, -0.25) is 9.59 Å². The van der Waals surface area contributed by atoms with E-state index >= 15 is 0 Å². The Morgan fingerprint density at radius 2 is 2.00 bits per heavy atom. The molecule has 0 aliphatic carbocycles. The molecule has 4 rings (SSSR count). The molecular formula is C19H19N2O4S-. The number of amides is 1. The fourth-order valence-electron chi connectivity index (χ4n) is 4.14. The van der Waals surface area contributed by atoms with Gasteiger partial charge in [-0.1, -0.05) is 6.07 Å². The van der Waals surface area contributed by atoms with Gasteiger partial charge in [0.1, 0.15) is 0 Å². The minimum atomic E-state index is -1.20. The van der Waals surface area contributed by atoms with E-state index in [1.54, 1.807) is 16.2 Å². The van der Waals surface area contributed by atoms with Gasteiger partial charge in [-0.2, -0.15) is 0 Å². The molecule has 1 amide bonds. The van der Waals surface area contributed by atoms with E-state index in [4.69, 9.17) is 0 Å². The lowest BCUT2D eigenvalue weighted by Crippen LogP contribution is -2.49. The van der Waals surface area contributed by atoms with Crippen LogP contribution in [-0.4, -0.2) is 34.4 Å². The normalized spacial score (nSPS) is 21.3. The molecule has 0 radical (unpaired) electrons. The summed E-state index contributed by atoms with van der Waals surface area (Å²) in [5, 5.41) is 12.6. The molecule has 26 heavy (non-hydrogen) atoms. The predicted molar refractivity (Wildman–Crippen MR) is 95.7 cm³/mol. The number of hydrogen-bond acceptors (Lipinski definition) is 5. The number of thiophene rings is 1. The molecule has 4 heterocycles. The molecule has 2 bridgehead atoms. The van der Waals surface area contributed by atoms with Crippen LogP contribution in [0.4, 0.5) is 0 Å². The molecule has 2 aliphatic rings. The molecule has 1 saturated heterocycles. The number of piperidine rings is 1. The number of hydrogen-bond donors (Lipinski definition) is 0. The third kappa shape index (κ3) is 3.07. The van der Waals surface area contributed by atoms with Gasteiger partial charge in [0.05, 0.1) is 5.56 Å². The minimum absolute atomic E-state index is 0.0219. The molecule has 0 N–H and O–H groups in total. The van der Waals surface area contributed by atoms with Crippen LogP contribution in [-0.2, 0) is 16.1 Å². The molecule has 0 spiro atoms. The first-order chi connectivity index (χ1) is 12.5. The van der Waals surface area contributed by atoms with Gasteiger partial charge in [0, 0.05) is 48.5 Å². The Labute approximate surface area is 154 Å². The highest BCUT2D eigenvalue weighted by Gasteiger charge is 2.36. The molecule has 2 aliphatic heterocycles. The highest BCUT2D eigenvalue weighted by Crippen LogP contribution is 2.36. The zero-order chi connectivity index (χ0) is 18.3. The Bertz CT molecular complexity index is 903. The Morgan fingerprint density at radius 1 is 1.15 bits per heavy atom. The highest BCUT2D eigenvalue weighted by atomic mass is 32.1. The molecule has 0 unspecified atom stereocenters. The first-order valence-corrected chi connectivity index (χ1v) is 9.66. The molecule has 6 nitrogen and oxygen atoms in total. The zero-order valence-corrected chi connectivity index (χ0v) is 15.0. The van der Waals surface area contributed by atoms with Crippen molar-refractivity contribution in [2.24, 2.45) is 5.92 Å². The largest absolute Gasteiger partial charge is 0.550 e. The number of pyridine rings is 1. The van der Waals surface area contributed by atoms with Crippen LogP contribution in [0, 0.1) is 5.92 Å². The number of carboxylic acids is 1. The number of nitrogens with zero attached hydrogens (tertiary/aromatic N) is 2. The number of carbonyl (C=O) groups excluding carboxylic acids is 2. The SMILES string of the molecule is O=C([O-])CCC(=O)N1C[C@@H]2C[C@H](C1)c1ccc(-c3cccs3)c(=O)n1C2. The average Bonchev–Trinajstić information content (AvgIpc) is 3.14. The number of carbonyl (C=O) groups is 2. The molecule has 2 aromatic rings. The Kier molecular flexibility index (Phi) is 4.40. The standard InChI is InChI=1S/C19H20N2O4S/c22-17(5-6-18(23)24)20-9-12-8-13(11-20)15-4-3-14(16-2-1-7-26-16)19(25)21(15)10-12/h1-4,7,12-13H,5-6,8-11H2,(H,23,24)/p-1/t12-,13+/m0/s1. The van der Waals surface area contributed by atoms with Crippen molar-refractivity contribution in [1.82, 2.24) is 9.47 Å². The number of likely N-dealkylation sites (tertiary alicyclic amines) is 1. The fourth-order valence-corrected chi connectivity index (χ4v) is 4.88. The first-order valence-electron chi connectivity index (χ1n) is 8.78. The van der Waals surface area contributed by atoms with E-state index in [9.17, 15) is 19.5 Å². The maximum atomic E-state index is 13.0. The van der Waals surface area contributed by atoms with Crippen LogP contribution in [0.5, 0.6) is 0 Å². The summed E-state index contributed by atoms with van der Waals surface area (Å²) >= 11 is 1.55. The smallest absolute Gasteiger partial charge is 0.259 e. The molecule has 2 atom stereocenters. The molecule has 0 saturated carbocycles. The van der Waals surface area contributed by atoms with E-state index in [-0.39, 0.29) is 36.1 Å². The number of aromatic nitrogens is 1. The van der Waals surface area contributed by atoms with Crippen molar-refractivity contribution in [2.75, 3.05) is 13.1 Å². The summed E-state index contributed by atoms with van der Waals surface area (Å²) in [7, 11) is 0. The minimum Gasteiger partial charge on any atom is -0.550 e. The molecule has 2 aromatic heterocycles. The van der Waals surface area contributed by atoms with Crippen LogP contribution in [0.1, 0.15) is 30.9 Å². The second kappa shape index (κ2) is 6.72. The summed E-state index contributed by atoms with van der Waals surface area (Å²) in [6, 6.07) is 7.79.